The molecule has 5 nitrogen and oxygen atoms in total. The maximum Gasteiger partial charge on any atom is 0.352 e. The summed E-state index contributed by atoms with van der Waals surface area (Å²) in [4.78, 5) is 30.9. The smallest absolute Gasteiger partial charge is 0.352 e. The van der Waals surface area contributed by atoms with Crippen LogP contribution >= 0.6 is 0 Å². The first-order valence-electron chi connectivity index (χ1n) is 2.73. The van der Waals surface area contributed by atoms with Gasteiger partial charge in [-0.2, -0.15) is 0 Å². The Balaban J connectivity index is 2.96. The largest absolute Gasteiger partial charge is 0.478 e. The lowest BCUT2D eigenvalue weighted by atomic mass is 10.1. The number of alkyl halides is 1. The Morgan fingerprint density at radius 1 is 1.64 bits per heavy atom. The van der Waals surface area contributed by atoms with Crippen molar-refractivity contribution < 1.29 is 23.9 Å². The summed E-state index contributed by atoms with van der Waals surface area (Å²) in [5, 5.41) is 9.73. The molecule has 60 valence electrons. The molecule has 0 aromatic heterocycles. The summed E-state index contributed by atoms with van der Waals surface area (Å²) in [5.74, 6) is -4.23. The molecular weight excluding hydrogens is 157 g/mol. The number of hydrogen-bond donors (Lipinski definition) is 2. The molecule has 0 aliphatic carbocycles. The zero-order valence-electron chi connectivity index (χ0n) is 5.26. The lowest BCUT2D eigenvalue weighted by Gasteiger charge is -2.06. The van der Waals surface area contributed by atoms with Crippen molar-refractivity contribution in [3.05, 3.63) is 0 Å². The SMILES string of the molecule is O=C1CC(F)(C(=O)O)C(=O)N1. The van der Waals surface area contributed by atoms with E-state index >= 15 is 0 Å². The number of rotatable bonds is 1. The normalized spacial score (nSPS) is 30.3. The number of imide groups is 1. The number of halogens is 1. The molecule has 0 bridgehead atoms. The van der Waals surface area contributed by atoms with Gasteiger partial charge in [-0.1, -0.05) is 0 Å². The third-order valence-electron chi connectivity index (χ3n) is 1.36. The highest BCUT2D eigenvalue weighted by atomic mass is 19.1. The van der Waals surface area contributed by atoms with Crippen LogP contribution in [0.2, 0.25) is 0 Å². The topological polar surface area (TPSA) is 83.5 Å². The van der Waals surface area contributed by atoms with E-state index in [0.29, 0.717) is 0 Å². The van der Waals surface area contributed by atoms with Gasteiger partial charge in [-0.15, -0.1) is 0 Å². The van der Waals surface area contributed by atoms with Gasteiger partial charge in [0.05, 0.1) is 6.42 Å². The van der Waals surface area contributed by atoms with E-state index < -0.39 is 29.9 Å². The highest BCUT2D eigenvalue weighted by Gasteiger charge is 2.54. The molecule has 0 saturated carbocycles. The van der Waals surface area contributed by atoms with Crippen LogP contribution in [0.25, 0.3) is 0 Å². The van der Waals surface area contributed by atoms with Crippen LogP contribution in [0, 0.1) is 0 Å². The predicted molar refractivity (Wildman–Crippen MR) is 29.2 cm³/mol. The average molecular weight is 161 g/mol. The van der Waals surface area contributed by atoms with E-state index in [-0.39, 0.29) is 0 Å². The molecule has 0 spiro atoms. The standard InChI is InChI=1S/C5H4FNO4/c6-5(4(10)11)1-2(8)7-3(5)9/h1H2,(H,10,11)(H,7,8,9). The number of hydrogen-bond acceptors (Lipinski definition) is 3. The van der Waals surface area contributed by atoms with Crippen LogP contribution in [0.1, 0.15) is 6.42 Å². The molecule has 1 aliphatic heterocycles. The van der Waals surface area contributed by atoms with Gasteiger partial charge in [0, 0.05) is 0 Å². The summed E-state index contributed by atoms with van der Waals surface area (Å²) >= 11 is 0. The number of nitrogens with one attached hydrogen (secondary N) is 1. The van der Waals surface area contributed by atoms with Crippen molar-refractivity contribution >= 4 is 17.8 Å². The summed E-state index contributed by atoms with van der Waals surface area (Å²) in [6.07, 6.45) is -0.929. The summed E-state index contributed by atoms with van der Waals surface area (Å²) in [7, 11) is 0. The van der Waals surface area contributed by atoms with E-state index in [4.69, 9.17) is 5.11 Å². The van der Waals surface area contributed by atoms with E-state index in [2.05, 4.69) is 0 Å². The van der Waals surface area contributed by atoms with E-state index in [1.165, 1.54) is 0 Å². The molecule has 1 unspecified atom stereocenters. The molecule has 1 aliphatic rings. The average Bonchev–Trinajstić information content (AvgIpc) is 2.08. The second kappa shape index (κ2) is 2.01. The van der Waals surface area contributed by atoms with Gasteiger partial charge in [0.2, 0.25) is 5.91 Å². The fourth-order valence-electron chi connectivity index (χ4n) is 0.744. The molecule has 1 saturated heterocycles. The van der Waals surface area contributed by atoms with Crippen molar-refractivity contribution in [3.8, 4) is 0 Å². The van der Waals surface area contributed by atoms with Crippen molar-refractivity contribution in [1.29, 1.82) is 0 Å². The van der Waals surface area contributed by atoms with E-state index in [1.54, 1.807) is 5.32 Å². The molecule has 2 amide bonds. The molecule has 0 aromatic carbocycles. The molecule has 11 heavy (non-hydrogen) atoms. The summed E-state index contributed by atoms with van der Waals surface area (Å²) in [5.41, 5.74) is -3.06. The van der Waals surface area contributed by atoms with Gasteiger partial charge in [-0.3, -0.25) is 14.9 Å². The molecule has 2 N–H and O–H groups in total. The van der Waals surface area contributed by atoms with Gasteiger partial charge >= 0.3 is 5.97 Å². The predicted octanol–water partition coefficient (Wildman–Crippen LogP) is -1.17. The lowest BCUT2D eigenvalue weighted by molar-refractivity contribution is -0.155. The van der Waals surface area contributed by atoms with Crippen LogP contribution in [-0.2, 0) is 14.4 Å². The first-order valence-corrected chi connectivity index (χ1v) is 2.73. The zero-order chi connectivity index (χ0) is 8.65. The fourth-order valence-corrected chi connectivity index (χ4v) is 0.744. The number of amides is 2. The van der Waals surface area contributed by atoms with E-state index in [9.17, 15) is 18.8 Å². The van der Waals surface area contributed by atoms with Crippen LogP contribution in [0.3, 0.4) is 0 Å². The fraction of sp³-hybridized carbons (Fsp3) is 0.400. The Morgan fingerprint density at radius 3 is 2.36 bits per heavy atom. The molecule has 1 fully saturated rings. The minimum absolute atomic E-state index is 0.903. The molecule has 0 aromatic rings. The Morgan fingerprint density at radius 2 is 2.18 bits per heavy atom. The van der Waals surface area contributed by atoms with Crippen LogP contribution < -0.4 is 5.32 Å². The zero-order valence-corrected chi connectivity index (χ0v) is 5.26. The van der Waals surface area contributed by atoms with Gasteiger partial charge in [0.1, 0.15) is 0 Å². The second-order valence-electron chi connectivity index (χ2n) is 2.16. The first-order chi connectivity index (χ1) is 4.97. The number of carbonyl (C=O) groups excluding carboxylic acids is 2. The third kappa shape index (κ3) is 0.957. The van der Waals surface area contributed by atoms with Crippen molar-refractivity contribution in [2.24, 2.45) is 0 Å². The molecule has 1 heterocycles. The van der Waals surface area contributed by atoms with Gasteiger partial charge < -0.3 is 5.11 Å². The van der Waals surface area contributed by atoms with Gasteiger partial charge in [0.15, 0.2) is 0 Å². The minimum atomic E-state index is -3.06. The Bertz CT molecular complexity index is 251. The van der Waals surface area contributed by atoms with Gasteiger partial charge in [-0.25, -0.2) is 9.18 Å². The van der Waals surface area contributed by atoms with Crippen molar-refractivity contribution in [3.63, 3.8) is 0 Å². The number of carbonyl (C=O) groups is 3. The first kappa shape index (κ1) is 7.64. The lowest BCUT2D eigenvalue weighted by Crippen LogP contribution is -2.41. The second-order valence-corrected chi connectivity index (χ2v) is 2.16. The van der Waals surface area contributed by atoms with Crippen molar-refractivity contribution in [2.75, 3.05) is 0 Å². The van der Waals surface area contributed by atoms with Crippen molar-refractivity contribution in [2.45, 2.75) is 12.1 Å². The van der Waals surface area contributed by atoms with Crippen LogP contribution in [-0.4, -0.2) is 28.6 Å². The molecule has 1 rings (SSSR count). The van der Waals surface area contributed by atoms with Crippen LogP contribution in [0.15, 0.2) is 0 Å². The van der Waals surface area contributed by atoms with Crippen LogP contribution in [0.5, 0.6) is 0 Å². The third-order valence-corrected chi connectivity index (χ3v) is 1.36. The summed E-state index contributed by atoms with van der Waals surface area (Å²) in [6, 6.07) is 0. The number of aliphatic carboxylic acids is 1. The summed E-state index contributed by atoms with van der Waals surface area (Å²) in [6.45, 7) is 0. The molecule has 0 radical (unpaired) electrons. The van der Waals surface area contributed by atoms with E-state index in [0.717, 1.165) is 0 Å². The number of carboxylic acids is 1. The quantitative estimate of drug-likeness (QED) is 0.374. The van der Waals surface area contributed by atoms with Gasteiger partial charge in [-0.05, 0) is 0 Å². The minimum Gasteiger partial charge on any atom is -0.478 e. The highest BCUT2D eigenvalue weighted by Crippen LogP contribution is 2.21. The molecular formula is C5H4FNO4. The maximum absolute atomic E-state index is 12.8. The van der Waals surface area contributed by atoms with E-state index in [1.807, 2.05) is 0 Å². The Labute approximate surface area is 60.2 Å². The van der Waals surface area contributed by atoms with Crippen LogP contribution in [0.4, 0.5) is 4.39 Å². The Kier molecular flexibility index (Phi) is 1.40. The Hall–Kier alpha value is -1.46. The maximum atomic E-state index is 12.8. The summed E-state index contributed by atoms with van der Waals surface area (Å²) < 4.78 is 12.8. The monoisotopic (exact) mass is 161 g/mol. The molecule has 6 heteroatoms. The van der Waals surface area contributed by atoms with Gasteiger partial charge in [0.25, 0.3) is 11.6 Å². The molecule has 1 atom stereocenters. The van der Waals surface area contributed by atoms with Crippen molar-refractivity contribution in [1.82, 2.24) is 5.32 Å². The highest BCUT2D eigenvalue weighted by molar-refractivity contribution is 6.18. The number of carboxylic acid groups (broad SMARTS) is 1.